The molecule has 0 N–H and O–H groups in total. The Morgan fingerprint density at radius 2 is 2.17 bits per heavy atom. The lowest BCUT2D eigenvalue weighted by atomic mass is 10.4. The largest absolute Gasteiger partial charge is 0.454 e. The van der Waals surface area contributed by atoms with Gasteiger partial charge in [0.2, 0.25) is 0 Å². The van der Waals surface area contributed by atoms with E-state index in [4.69, 9.17) is 4.74 Å². The molecule has 124 valence electrons. The van der Waals surface area contributed by atoms with Crippen molar-refractivity contribution in [1.29, 1.82) is 0 Å². The molecule has 3 rings (SSSR count). The molecule has 0 amide bonds. The van der Waals surface area contributed by atoms with E-state index in [0.29, 0.717) is 12.2 Å². The van der Waals surface area contributed by atoms with Crippen LogP contribution in [0, 0.1) is 0 Å². The number of thiophene rings is 1. The summed E-state index contributed by atoms with van der Waals surface area (Å²) in [7, 11) is 0. The van der Waals surface area contributed by atoms with Crippen LogP contribution in [0.4, 0.5) is 0 Å². The summed E-state index contributed by atoms with van der Waals surface area (Å²) < 4.78 is 6.52. The fourth-order valence-corrected chi connectivity index (χ4v) is 3.65. The van der Waals surface area contributed by atoms with Crippen LogP contribution in [-0.2, 0) is 17.9 Å². The number of nitrogens with zero attached hydrogens (tertiary/aromatic N) is 3. The number of carbonyl (C=O) groups is 1. The number of aryl methyl sites for hydroxylation is 1. The summed E-state index contributed by atoms with van der Waals surface area (Å²) in [4.78, 5) is 29.3. The number of thiazole rings is 1. The predicted octanol–water partition coefficient (Wildman–Crippen LogP) is 3.20. The lowest BCUT2D eigenvalue weighted by Gasteiger charge is -2.05. The lowest BCUT2D eigenvalue weighted by molar-refractivity contribution is 0.0458. The molecule has 0 spiro atoms. The molecular weight excluding hydrogens is 346 g/mol. The highest BCUT2D eigenvalue weighted by Crippen LogP contribution is 2.27. The van der Waals surface area contributed by atoms with Crippen molar-refractivity contribution in [3.05, 3.63) is 56.8 Å². The third-order valence-electron chi connectivity index (χ3n) is 3.15. The van der Waals surface area contributed by atoms with Crippen LogP contribution < -0.4 is 5.56 Å². The van der Waals surface area contributed by atoms with E-state index in [2.05, 4.69) is 10.1 Å². The Labute approximate surface area is 146 Å². The topological polar surface area (TPSA) is 74.1 Å². The maximum absolute atomic E-state index is 12.1. The molecule has 3 aromatic rings. The standard InChI is InChI=1S/C16H15N3O3S2/c1-2-7-19-14(20)6-5-12(18-19)16(21)22-9-11-10-24-15(17-11)13-4-3-8-23-13/h3-6,8,10H,2,7,9H2,1H3. The van der Waals surface area contributed by atoms with Gasteiger partial charge in [0.15, 0.2) is 5.69 Å². The number of hydrogen-bond donors (Lipinski definition) is 0. The van der Waals surface area contributed by atoms with Crippen LogP contribution in [0.25, 0.3) is 9.88 Å². The molecule has 3 aromatic heterocycles. The molecular formula is C16H15N3O3S2. The summed E-state index contributed by atoms with van der Waals surface area (Å²) in [5, 5.41) is 8.80. The highest BCUT2D eigenvalue weighted by atomic mass is 32.1. The molecule has 0 aliphatic carbocycles. The van der Waals surface area contributed by atoms with Gasteiger partial charge in [-0.1, -0.05) is 13.0 Å². The predicted molar refractivity (Wildman–Crippen MR) is 93.3 cm³/mol. The summed E-state index contributed by atoms with van der Waals surface area (Å²) in [5.74, 6) is -0.564. The number of hydrogen-bond acceptors (Lipinski definition) is 7. The zero-order valence-electron chi connectivity index (χ0n) is 13.0. The second kappa shape index (κ2) is 7.50. The normalized spacial score (nSPS) is 10.7. The molecule has 0 saturated heterocycles. The third kappa shape index (κ3) is 3.77. The average molecular weight is 361 g/mol. The number of rotatable bonds is 6. The smallest absolute Gasteiger partial charge is 0.359 e. The first-order valence-electron chi connectivity index (χ1n) is 7.41. The van der Waals surface area contributed by atoms with Gasteiger partial charge in [-0.05, 0) is 23.9 Å². The first kappa shape index (κ1) is 16.5. The van der Waals surface area contributed by atoms with Crippen molar-refractivity contribution in [3.8, 4) is 9.88 Å². The third-order valence-corrected chi connectivity index (χ3v) is 5.08. The molecule has 3 heterocycles. The Bertz CT molecular complexity index is 884. The molecule has 0 bridgehead atoms. The van der Waals surface area contributed by atoms with E-state index in [1.807, 2.05) is 29.8 Å². The maximum Gasteiger partial charge on any atom is 0.359 e. The zero-order valence-corrected chi connectivity index (χ0v) is 14.6. The molecule has 0 fully saturated rings. The number of esters is 1. The summed E-state index contributed by atoms with van der Waals surface area (Å²) in [6.45, 7) is 2.48. The van der Waals surface area contributed by atoms with Crippen molar-refractivity contribution in [1.82, 2.24) is 14.8 Å². The summed E-state index contributed by atoms with van der Waals surface area (Å²) >= 11 is 3.13. The van der Waals surface area contributed by atoms with Gasteiger partial charge in [0.1, 0.15) is 11.6 Å². The molecule has 24 heavy (non-hydrogen) atoms. The van der Waals surface area contributed by atoms with Gasteiger partial charge in [-0.2, -0.15) is 5.10 Å². The van der Waals surface area contributed by atoms with Crippen LogP contribution in [-0.4, -0.2) is 20.7 Å². The van der Waals surface area contributed by atoms with Crippen molar-refractivity contribution in [2.75, 3.05) is 0 Å². The second-order valence-electron chi connectivity index (χ2n) is 4.98. The summed E-state index contributed by atoms with van der Waals surface area (Å²) in [6, 6.07) is 6.68. The number of carbonyl (C=O) groups excluding carboxylic acids is 1. The van der Waals surface area contributed by atoms with Gasteiger partial charge in [0.05, 0.1) is 10.6 Å². The molecule has 0 aliphatic rings. The fraction of sp³-hybridized carbons (Fsp3) is 0.250. The summed E-state index contributed by atoms with van der Waals surface area (Å²) in [6.07, 6.45) is 0.760. The molecule has 0 unspecified atom stereocenters. The first-order chi connectivity index (χ1) is 11.7. The van der Waals surface area contributed by atoms with Crippen molar-refractivity contribution in [3.63, 3.8) is 0 Å². The SMILES string of the molecule is CCCn1nc(C(=O)OCc2csc(-c3cccs3)n2)ccc1=O. The van der Waals surface area contributed by atoms with Crippen molar-refractivity contribution in [2.45, 2.75) is 26.5 Å². The second-order valence-corrected chi connectivity index (χ2v) is 6.78. The van der Waals surface area contributed by atoms with Crippen LogP contribution in [0.2, 0.25) is 0 Å². The summed E-state index contributed by atoms with van der Waals surface area (Å²) in [5.41, 5.74) is 0.587. The van der Waals surface area contributed by atoms with E-state index in [-0.39, 0.29) is 17.9 Å². The molecule has 0 radical (unpaired) electrons. The van der Waals surface area contributed by atoms with Crippen LogP contribution in [0.5, 0.6) is 0 Å². The van der Waals surface area contributed by atoms with Gasteiger partial charge < -0.3 is 4.74 Å². The average Bonchev–Trinajstić information content (AvgIpc) is 3.26. The zero-order chi connectivity index (χ0) is 16.9. The van der Waals surface area contributed by atoms with Crippen LogP contribution in [0.15, 0.2) is 39.8 Å². The molecule has 8 heteroatoms. The van der Waals surface area contributed by atoms with Crippen LogP contribution in [0.3, 0.4) is 0 Å². The minimum Gasteiger partial charge on any atom is -0.454 e. The minimum absolute atomic E-state index is 0.0787. The van der Waals surface area contributed by atoms with E-state index in [0.717, 1.165) is 16.3 Å². The van der Waals surface area contributed by atoms with E-state index in [1.165, 1.54) is 28.2 Å². The van der Waals surface area contributed by atoms with Crippen LogP contribution >= 0.6 is 22.7 Å². The van der Waals surface area contributed by atoms with Gasteiger partial charge in [0, 0.05) is 18.0 Å². The molecule has 0 aliphatic heterocycles. The quantitative estimate of drug-likeness (QED) is 0.630. The molecule has 0 aromatic carbocycles. The monoisotopic (exact) mass is 361 g/mol. The Kier molecular flexibility index (Phi) is 5.17. The Morgan fingerprint density at radius 3 is 2.92 bits per heavy atom. The van der Waals surface area contributed by atoms with Crippen molar-refractivity contribution < 1.29 is 9.53 Å². The molecule has 6 nitrogen and oxygen atoms in total. The van der Waals surface area contributed by atoms with E-state index in [1.54, 1.807) is 11.3 Å². The van der Waals surface area contributed by atoms with Gasteiger partial charge in [-0.25, -0.2) is 14.5 Å². The highest BCUT2D eigenvalue weighted by Gasteiger charge is 2.13. The number of ether oxygens (including phenoxy) is 1. The van der Waals surface area contributed by atoms with E-state index < -0.39 is 5.97 Å². The fourth-order valence-electron chi connectivity index (χ4n) is 2.03. The van der Waals surface area contributed by atoms with Gasteiger partial charge in [0.25, 0.3) is 5.56 Å². The Morgan fingerprint density at radius 1 is 1.29 bits per heavy atom. The maximum atomic E-state index is 12.1. The Balaban J connectivity index is 1.65. The number of aromatic nitrogens is 3. The molecule has 0 atom stereocenters. The van der Waals surface area contributed by atoms with Crippen molar-refractivity contribution >= 4 is 28.6 Å². The van der Waals surface area contributed by atoms with Gasteiger partial charge >= 0.3 is 5.97 Å². The van der Waals surface area contributed by atoms with E-state index in [9.17, 15) is 9.59 Å². The first-order valence-corrected chi connectivity index (χ1v) is 9.17. The Hall–Kier alpha value is -2.32. The van der Waals surface area contributed by atoms with Crippen LogP contribution in [0.1, 0.15) is 29.5 Å². The minimum atomic E-state index is -0.564. The molecule has 0 saturated carbocycles. The van der Waals surface area contributed by atoms with Gasteiger partial charge in [-0.15, -0.1) is 22.7 Å². The lowest BCUT2D eigenvalue weighted by Crippen LogP contribution is -2.24. The van der Waals surface area contributed by atoms with Gasteiger partial charge in [-0.3, -0.25) is 4.79 Å². The highest BCUT2D eigenvalue weighted by molar-refractivity contribution is 7.20. The van der Waals surface area contributed by atoms with Crippen molar-refractivity contribution in [2.24, 2.45) is 0 Å². The van der Waals surface area contributed by atoms with E-state index >= 15 is 0 Å².